The highest BCUT2D eigenvalue weighted by molar-refractivity contribution is 7.69. The van der Waals surface area contributed by atoms with E-state index in [-0.39, 0.29) is 57.0 Å². The predicted molar refractivity (Wildman–Crippen MR) is 240 cm³/mol. The van der Waals surface area contributed by atoms with Crippen molar-refractivity contribution in [3.63, 3.8) is 0 Å². The molecule has 2 saturated heterocycles. The number of nitrogens with one attached hydrogen (secondary N) is 2. The van der Waals surface area contributed by atoms with Crippen LogP contribution in [0.5, 0.6) is 0 Å². The lowest BCUT2D eigenvalue weighted by Gasteiger charge is -2.29. The summed E-state index contributed by atoms with van der Waals surface area (Å²) in [5.41, 5.74) is 15.4. The molecule has 8 heterocycles. The third kappa shape index (κ3) is 12.3. The van der Waals surface area contributed by atoms with E-state index >= 15 is 0 Å². The molecule has 8 rings (SSSR count). The molecule has 0 radical (unpaired) electrons. The molecule has 2 fully saturated rings. The second-order valence-electron chi connectivity index (χ2n) is 16.1. The minimum atomic E-state index is -6.20. The normalized spacial score (nSPS) is 26.4. The van der Waals surface area contributed by atoms with Gasteiger partial charge in [-0.1, -0.05) is 4.98 Å². The van der Waals surface area contributed by atoms with Crippen molar-refractivity contribution in [1.82, 2.24) is 53.6 Å². The van der Waals surface area contributed by atoms with Crippen LogP contribution >= 0.6 is 31.1 Å². The fourth-order valence-electron chi connectivity index (χ4n) is 7.60. The first-order valence-corrected chi connectivity index (χ1v) is 27.1. The number of aliphatic hydroxyl groups is 4. The predicted octanol–water partition coefficient (Wildman–Crippen LogP) is -5.14. The van der Waals surface area contributed by atoms with Crippen LogP contribution < -0.4 is 42.7 Å². The van der Waals surface area contributed by atoms with Crippen molar-refractivity contribution < 1.29 is 104 Å². The van der Waals surface area contributed by atoms with Gasteiger partial charge >= 0.3 is 21.3 Å². The Kier molecular flexibility index (Phi) is 16.1. The second kappa shape index (κ2) is 21.6. The van der Waals surface area contributed by atoms with E-state index in [1.54, 1.807) is 0 Å². The number of fused-ring (bicyclic) bond motifs is 3. The highest BCUT2D eigenvalue weighted by Crippen LogP contribution is 2.66. The van der Waals surface area contributed by atoms with E-state index < -0.39 is 130 Å². The first-order chi connectivity index (χ1) is 35.2. The van der Waals surface area contributed by atoms with Crippen molar-refractivity contribution in [3.05, 3.63) is 57.9 Å². The average Bonchev–Trinajstić information content (AvgIpc) is 4.13. The van der Waals surface area contributed by atoms with Crippen molar-refractivity contribution in [1.29, 1.82) is 0 Å². The number of hydrogen-bond donors (Lipinski definition) is 11. The number of phosphoric ester groups is 2. The minimum Gasteiger partial charge on any atom is -0.775 e. The molecule has 6 aromatic rings. The third-order valence-corrected chi connectivity index (χ3v) is 16.2. The van der Waals surface area contributed by atoms with E-state index in [1.165, 1.54) is 29.6 Å². The van der Waals surface area contributed by atoms with Crippen molar-refractivity contribution >= 4 is 82.3 Å². The zero-order valence-electron chi connectivity index (χ0n) is 38.2. The number of nitrogens with two attached hydrogens (primary N) is 3. The van der Waals surface area contributed by atoms with E-state index in [0.29, 0.717) is 6.08 Å². The monoisotopic (exact) mass is 1140 g/mol. The highest BCUT2D eigenvalue weighted by atomic mass is 31.3. The SMILES string of the molecule is COC[C@@H](O[C@@H](COP(=O)([O-])OC[C@H]1O[C@@H](n2cnc3c(=O)[nH]c(N)nc32)C(O)[C@H]1O)COP(=O)(O)OP(=O)(O)OP(=O)([O-])/C=C\[C@H]1O[C@@H]([n+]2cn(C)c3c(=O)[nH]c(N)nc32)[C@@H](O)C1O)n1cnc2c(N)ncnc21. The lowest BCUT2D eigenvalue weighted by atomic mass is 10.1. The number of phosphoric acid groups is 3. The van der Waals surface area contributed by atoms with Gasteiger partial charge in [0.05, 0.1) is 46.1 Å². The Morgan fingerprint density at radius 1 is 0.827 bits per heavy atom. The summed E-state index contributed by atoms with van der Waals surface area (Å²) in [6.45, 7) is -3.90. The van der Waals surface area contributed by atoms with Crippen LogP contribution in [-0.4, -0.2) is 160 Å². The number of aromatic amines is 2. The molecule has 0 spiro atoms. The Balaban J connectivity index is 0.929. The molecule has 0 aromatic carbocycles. The summed E-state index contributed by atoms with van der Waals surface area (Å²) < 4.78 is 102. The van der Waals surface area contributed by atoms with E-state index in [1.807, 2.05) is 0 Å². The van der Waals surface area contributed by atoms with Crippen LogP contribution in [0.2, 0.25) is 0 Å². The molecule has 410 valence electrons. The van der Waals surface area contributed by atoms with E-state index in [2.05, 4.69) is 48.5 Å². The molecular formula is C33H44N15O23P4-. The van der Waals surface area contributed by atoms with Crippen LogP contribution in [0, 0.1) is 0 Å². The number of imidazole rings is 3. The van der Waals surface area contributed by atoms with Gasteiger partial charge in [0.15, 0.2) is 49.0 Å². The maximum Gasteiger partial charge on any atom is 0.486 e. The first-order valence-electron chi connectivity index (χ1n) is 21.1. The molecule has 6 aromatic heterocycles. The average molecular weight is 1140 g/mol. The van der Waals surface area contributed by atoms with Gasteiger partial charge in [-0.3, -0.25) is 42.3 Å². The van der Waals surface area contributed by atoms with E-state index in [0.717, 1.165) is 28.1 Å². The zero-order valence-corrected chi connectivity index (χ0v) is 41.8. The van der Waals surface area contributed by atoms with Crippen LogP contribution in [-0.2, 0) is 66.4 Å². The largest absolute Gasteiger partial charge is 0.775 e. The van der Waals surface area contributed by atoms with Crippen LogP contribution in [0.25, 0.3) is 33.5 Å². The standard InChI is InChI=1S/C33H45N15O23P4/c1-45-12-48(27-19(45)29(54)44-33(36)42-27)31-22(51)20(49)14(68-31)3-4-72(55,56)70-75(61,62)71-74(59,60)65-6-13(67-16(8-63-2)46-10-39-17-24(34)37-9-38-25(17)46)5-64-73(57,58)66-7-15-21(50)23(52)30(69-15)47-11-40-18-26(47)41-32(35)43-28(18)53/h3-4,9-16,20-23,30-31,49-52H,5-8H2,1-2H3,(H11-,34,35,36,37,38,41,42,43,44,53,54,55,56,57,58,59,60,61,62)/p-1/b4-3-/t13-,14+,15+,16+,20?,21-,22-,23?,30+,31+/m0/s1. The van der Waals surface area contributed by atoms with Crippen LogP contribution in [0.4, 0.5) is 17.7 Å². The highest BCUT2D eigenvalue weighted by Gasteiger charge is 2.48. The Morgan fingerprint density at radius 2 is 1.52 bits per heavy atom. The summed E-state index contributed by atoms with van der Waals surface area (Å²) in [7, 11) is -20.8. The van der Waals surface area contributed by atoms with Gasteiger partial charge in [0.2, 0.25) is 17.7 Å². The quantitative estimate of drug-likeness (QED) is 0.0224. The summed E-state index contributed by atoms with van der Waals surface area (Å²) in [4.78, 5) is 100.0. The van der Waals surface area contributed by atoms with Gasteiger partial charge in [0.1, 0.15) is 54.6 Å². The number of aliphatic hydroxyl groups excluding tert-OH is 4. The number of nitrogens with zero attached hydrogens (tertiary/aromatic N) is 10. The molecule has 14 N–H and O–H groups in total. The number of nitrogen functional groups attached to an aromatic ring is 3. The molecule has 2 aliphatic heterocycles. The number of rotatable bonds is 22. The Hall–Kier alpha value is -5.37. The molecule has 2 aliphatic rings. The maximum absolute atomic E-state index is 13.1. The zero-order chi connectivity index (χ0) is 54.5. The number of H-pyrrole nitrogens is 2. The molecule has 14 atom stereocenters. The number of aromatic nitrogens is 12. The molecule has 38 nitrogen and oxygen atoms in total. The van der Waals surface area contributed by atoms with Gasteiger partial charge in [-0.15, -0.1) is 0 Å². The molecule has 42 heteroatoms. The smallest absolute Gasteiger partial charge is 0.486 e. The summed E-state index contributed by atoms with van der Waals surface area (Å²) in [5.74, 6) is -0.596. The lowest BCUT2D eigenvalue weighted by Crippen LogP contribution is -2.46. The summed E-state index contributed by atoms with van der Waals surface area (Å²) in [6.07, 6.45) is -11.7. The topological polar surface area (TPSA) is 559 Å². The molecule has 0 amide bonds. The van der Waals surface area contributed by atoms with Gasteiger partial charge in [-0.05, 0) is 11.9 Å². The summed E-state index contributed by atoms with van der Waals surface area (Å²) in [5, 5.41) is 43.0. The van der Waals surface area contributed by atoms with Crippen LogP contribution in [0.3, 0.4) is 0 Å². The van der Waals surface area contributed by atoms with Crippen molar-refractivity contribution in [2.24, 2.45) is 7.05 Å². The molecule has 0 saturated carbocycles. The molecule has 6 unspecified atom stereocenters. The summed E-state index contributed by atoms with van der Waals surface area (Å²) >= 11 is 0. The van der Waals surface area contributed by atoms with Gasteiger partial charge in [-0.2, -0.15) is 9.29 Å². The fourth-order valence-corrected chi connectivity index (χ4v) is 12.1. The molecular weight excluding hydrogens is 1100 g/mol. The lowest BCUT2D eigenvalue weighted by molar-refractivity contribution is -0.745. The van der Waals surface area contributed by atoms with Gasteiger partial charge in [-0.25, -0.2) is 37.9 Å². The first kappa shape index (κ1) is 55.9. The Bertz CT molecular complexity index is 3440. The number of methoxy groups -OCH3 is 1. The molecule has 75 heavy (non-hydrogen) atoms. The number of hydrogen-bond acceptors (Lipinski definition) is 30. The van der Waals surface area contributed by atoms with Crippen molar-refractivity contribution in [2.75, 3.05) is 50.7 Å². The number of anilines is 3. The van der Waals surface area contributed by atoms with Gasteiger partial charge < -0.3 is 89.8 Å². The number of ether oxygens (including phenoxy) is 4. The van der Waals surface area contributed by atoms with Crippen molar-refractivity contribution in [3.8, 4) is 0 Å². The number of aryl methyl sites for hydroxylation is 1. The second-order valence-corrected chi connectivity index (χ2v) is 22.3. The Morgan fingerprint density at radius 3 is 2.25 bits per heavy atom. The van der Waals surface area contributed by atoms with Gasteiger partial charge in [0.25, 0.3) is 24.9 Å². The minimum absolute atomic E-state index is 0.0240. The Labute approximate surface area is 416 Å². The summed E-state index contributed by atoms with van der Waals surface area (Å²) in [6, 6.07) is 0. The van der Waals surface area contributed by atoms with Crippen LogP contribution in [0.15, 0.2) is 46.8 Å². The van der Waals surface area contributed by atoms with Crippen LogP contribution in [0.1, 0.15) is 18.7 Å². The molecule has 0 bridgehead atoms. The molecule has 0 aliphatic carbocycles. The maximum atomic E-state index is 13.1. The third-order valence-electron chi connectivity index (χ3n) is 10.9. The fraction of sp³-hybridized carbons (Fsp3) is 0.485. The van der Waals surface area contributed by atoms with Gasteiger partial charge in [0, 0.05) is 7.11 Å². The van der Waals surface area contributed by atoms with E-state index in [4.69, 9.17) is 49.7 Å². The van der Waals surface area contributed by atoms with Crippen molar-refractivity contribution in [2.45, 2.75) is 61.4 Å². The van der Waals surface area contributed by atoms with E-state index in [9.17, 15) is 67.8 Å².